The Balaban J connectivity index is 2.37. The summed E-state index contributed by atoms with van der Waals surface area (Å²) in [6.07, 6.45) is 0.520. The molecule has 1 aromatic rings. The lowest BCUT2D eigenvalue weighted by Crippen LogP contribution is -2.10. The van der Waals surface area contributed by atoms with Gasteiger partial charge in [0, 0.05) is 16.6 Å². The topological polar surface area (TPSA) is 38.7 Å². The van der Waals surface area contributed by atoms with Crippen molar-refractivity contribution in [3.05, 3.63) is 28.2 Å². The molecule has 1 aromatic carbocycles. The molecule has 0 spiro atoms. The van der Waals surface area contributed by atoms with E-state index in [1.54, 1.807) is 6.92 Å². The SMILES string of the molecule is CC(C)CCOCCOc1ccc(Br)cc1C(C)O. The zero-order valence-corrected chi connectivity index (χ0v) is 13.4. The Morgan fingerprint density at radius 2 is 1.89 bits per heavy atom. The number of aliphatic hydroxyl groups excluding tert-OH is 1. The molecule has 0 saturated heterocycles. The molecule has 0 aliphatic carbocycles. The van der Waals surface area contributed by atoms with Crippen molar-refractivity contribution in [1.29, 1.82) is 0 Å². The Morgan fingerprint density at radius 1 is 1.16 bits per heavy atom. The van der Waals surface area contributed by atoms with Gasteiger partial charge in [0.1, 0.15) is 12.4 Å². The molecule has 3 nitrogen and oxygen atoms in total. The van der Waals surface area contributed by atoms with Crippen LogP contribution in [-0.2, 0) is 4.74 Å². The first-order chi connectivity index (χ1) is 9.00. The van der Waals surface area contributed by atoms with Crippen LogP contribution in [0.3, 0.4) is 0 Å². The molecule has 1 unspecified atom stereocenters. The smallest absolute Gasteiger partial charge is 0.125 e. The molecule has 0 radical (unpaired) electrons. The second kappa shape index (κ2) is 8.56. The van der Waals surface area contributed by atoms with Crippen LogP contribution < -0.4 is 4.74 Å². The summed E-state index contributed by atoms with van der Waals surface area (Å²) in [6, 6.07) is 5.64. The fourth-order valence-corrected chi connectivity index (χ4v) is 1.99. The zero-order chi connectivity index (χ0) is 14.3. The predicted molar refractivity (Wildman–Crippen MR) is 80.5 cm³/mol. The molecule has 19 heavy (non-hydrogen) atoms. The Kier molecular flexibility index (Phi) is 7.42. The van der Waals surface area contributed by atoms with Gasteiger partial charge >= 0.3 is 0 Å². The van der Waals surface area contributed by atoms with Crippen molar-refractivity contribution in [1.82, 2.24) is 0 Å². The van der Waals surface area contributed by atoms with E-state index in [2.05, 4.69) is 29.8 Å². The van der Waals surface area contributed by atoms with Crippen LogP contribution in [0.15, 0.2) is 22.7 Å². The first-order valence-electron chi connectivity index (χ1n) is 6.68. The second-order valence-corrected chi connectivity index (χ2v) is 5.92. The molecular formula is C15H23BrO3. The van der Waals surface area contributed by atoms with Gasteiger partial charge in [-0.25, -0.2) is 0 Å². The highest BCUT2D eigenvalue weighted by Crippen LogP contribution is 2.28. The third kappa shape index (κ3) is 6.41. The molecule has 4 heteroatoms. The molecule has 1 atom stereocenters. The van der Waals surface area contributed by atoms with Gasteiger partial charge in [-0.3, -0.25) is 0 Å². The number of rotatable bonds is 8. The van der Waals surface area contributed by atoms with E-state index in [4.69, 9.17) is 9.47 Å². The van der Waals surface area contributed by atoms with Crippen molar-refractivity contribution >= 4 is 15.9 Å². The van der Waals surface area contributed by atoms with Crippen molar-refractivity contribution in [3.63, 3.8) is 0 Å². The molecule has 0 aliphatic heterocycles. The fourth-order valence-electron chi connectivity index (χ4n) is 1.61. The molecule has 0 aliphatic rings. The van der Waals surface area contributed by atoms with Gasteiger partial charge in [-0.2, -0.15) is 0 Å². The summed E-state index contributed by atoms with van der Waals surface area (Å²) >= 11 is 3.39. The summed E-state index contributed by atoms with van der Waals surface area (Å²) < 4.78 is 12.1. The highest BCUT2D eigenvalue weighted by Gasteiger charge is 2.09. The van der Waals surface area contributed by atoms with Gasteiger partial charge in [0.05, 0.1) is 12.7 Å². The van der Waals surface area contributed by atoms with Crippen LogP contribution in [0.5, 0.6) is 5.75 Å². The van der Waals surface area contributed by atoms with Crippen LogP contribution in [0.25, 0.3) is 0 Å². The number of ether oxygens (including phenoxy) is 2. The van der Waals surface area contributed by atoms with Gasteiger partial charge in [0.15, 0.2) is 0 Å². The van der Waals surface area contributed by atoms with Crippen LogP contribution in [0.4, 0.5) is 0 Å². The van der Waals surface area contributed by atoms with Crippen molar-refractivity contribution in [2.45, 2.75) is 33.3 Å². The standard InChI is InChI=1S/C15H23BrO3/c1-11(2)6-7-18-8-9-19-15-5-4-13(16)10-14(15)12(3)17/h4-5,10-12,17H,6-9H2,1-3H3. The Hall–Kier alpha value is -0.580. The number of hydrogen-bond donors (Lipinski definition) is 1. The predicted octanol–water partition coefficient (Wildman–Crippen LogP) is 3.94. The summed E-state index contributed by atoms with van der Waals surface area (Å²) in [6.45, 7) is 7.92. The second-order valence-electron chi connectivity index (χ2n) is 5.00. The molecule has 1 rings (SSSR count). The van der Waals surface area contributed by atoms with E-state index in [0.717, 1.165) is 23.1 Å². The van der Waals surface area contributed by atoms with E-state index in [9.17, 15) is 5.11 Å². The molecule has 0 bridgehead atoms. The van der Waals surface area contributed by atoms with Crippen molar-refractivity contribution in [2.24, 2.45) is 5.92 Å². The lowest BCUT2D eigenvalue weighted by atomic mass is 10.1. The summed E-state index contributed by atoms with van der Waals surface area (Å²) in [5.41, 5.74) is 0.788. The largest absolute Gasteiger partial charge is 0.491 e. The maximum Gasteiger partial charge on any atom is 0.125 e. The Morgan fingerprint density at radius 3 is 2.53 bits per heavy atom. The number of benzene rings is 1. The third-order valence-corrected chi connectivity index (χ3v) is 3.24. The Bertz CT molecular complexity index is 378. The van der Waals surface area contributed by atoms with E-state index in [1.165, 1.54) is 0 Å². The van der Waals surface area contributed by atoms with E-state index in [-0.39, 0.29) is 0 Å². The van der Waals surface area contributed by atoms with Gasteiger partial charge in [-0.1, -0.05) is 29.8 Å². The van der Waals surface area contributed by atoms with Crippen molar-refractivity contribution in [3.8, 4) is 5.75 Å². The molecule has 108 valence electrons. The van der Waals surface area contributed by atoms with Crippen LogP contribution in [0.2, 0.25) is 0 Å². The summed E-state index contributed by atoms with van der Waals surface area (Å²) in [7, 11) is 0. The first kappa shape index (κ1) is 16.5. The lowest BCUT2D eigenvalue weighted by molar-refractivity contribution is 0.0909. The molecular weight excluding hydrogens is 308 g/mol. The lowest BCUT2D eigenvalue weighted by Gasteiger charge is -2.14. The molecule has 0 amide bonds. The maximum absolute atomic E-state index is 9.70. The monoisotopic (exact) mass is 330 g/mol. The quantitative estimate of drug-likeness (QED) is 0.733. The summed E-state index contributed by atoms with van der Waals surface area (Å²) in [5.74, 6) is 1.37. The van der Waals surface area contributed by atoms with Gasteiger partial charge in [0.25, 0.3) is 0 Å². The Labute approximate surface area is 124 Å². The number of halogens is 1. The van der Waals surface area contributed by atoms with Crippen molar-refractivity contribution < 1.29 is 14.6 Å². The van der Waals surface area contributed by atoms with Crippen LogP contribution in [0, 0.1) is 5.92 Å². The van der Waals surface area contributed by atoms with E-state index < -0.39 is 6.10 Å². The van der Waals surface area contributed by atoms with E-state index in [0.29, 0.717) is 24.9 Å². The van der Waals surface area contributed by atoms with Gasteiger partial charge in [-0.15, -0.1) is 0 Å². The van der Waals surface area contributed by atoms with Gasteiger partial charge < -0.3 is 14.6 Å². The number of aliphatic hydroxyl groups is 1. The highest BCUT2D eigenvalue weighted by atomic mass is 79.9. The average molecular weight is 331 g/mol. The summed E-state index contributed by atoms with van der Waals surface area (Å²) in [5, 5.41) is 9.70. The van der Waals surface area contributed by atoms with Crippen LogP contribution >= 0.6 is 15.9 Å². The first-order valence-corrected chi connectivity index (χ1v) is 7.48. The van der Waals surface area contributed by atoms with E-state index >= 15 is 0 Å². The molecule has 0 fully saturated rings. The molecule has 0 heterocycles. The van der Waals surface area contributed by atoms with Crippen LogP contribution in [0.1, 0.15) is 38.9 Å². The number of hydrogen-bond acceptors (Lipinski definition) is 3. The normalized spacial score (nSPS) is 12.7. The zero-order valence-electron chi connectivity index (χ0n) is 11.9. The average Bonchev–Trinajstić information content (AvgIpc) is 2.34. The minimum atomic E-state index is -0.547. The minimum absolute atomic E-state index is 0.499. The minimum Gasteiger partial charge on any atom is -0.491 e. The van der Waals surface area contributed by atoms with Gasteiger partial charge in [0.2, 0.25) is 0 Å². The fraction of sp³-hybridized carbons (Fsp3) is 0.600. The third-order valence-electron chi connectivity index (χ3n) is 2.75. The summed E-state index contributed by atoms with van der Waals surface area (Å²) in [4.78, 5) is 0. The maximum atomic E-state index is 9.70. The molecule has 0 aromatic heterocycles. The van der Waals surface area contributed by atoms with E-state index in [1.807, 2.05) is 18.2 Å². The van der Waals surface area contributed by atoms with Gasteiger partial charge in [-0.05, 0) is 37.5 Å². The van der Waals surface area contributed by atoms with Crippen LogP contribution in [-0.4, -0.2) is 24.9 Å². The highest BCUT2D eigenvalue weighted by molar-refractivity contribution is 9.10. The molecule has 1 N–H and O–H groups in total. The van der Waals surface area contributed by atoms with Crippen molar-refractivity contribution in [2.75, 3.05) is 19.8 Å². The molecule has 0 saturated carbocycles.